The summed E-state index contributed by atoms with van der Waals surface area (Å²) in [5.41, 5.74) is 2.15. The van der Waals surface area contributed by atoms with E-state index in [0.29, 0.717) is 0 Å². The van der Waals surface area contributed by atoms with Gasteiger partial charge in [-0.05, 0) is 18.4 Å². The number of nitrogens with one attached hydrogen (secondary N) is 1. The average Bonchev–Trinajstić information content (AvgIpc) is 2.67. The van der Waals surface area contributed by atoms with Gasteiger partial charge < -0.3 is 5.32 Å². The van der Waals surface area contributed by atoms with Crippen LogP contribution in [-0.4, -0.2) is 18.5 Å². The Morgan fingerprint density at radius 1 is 1.36 bits per heavy atom. The topological polar surface area (TPSA) is 29.1 Å². The summed E-state index contributed by atoms with van der Waals surface area (Å²) in [6.45, 7) is 0.905. The Bertz CT molecular complexity index is 352. The largest absolute Gasteiger partial charge is 0.309 e. The van der Waals surface area contributed by atoms with Crippen molar-refractivity contribution in [2.24, 2.45) is 0 Å². The molecule has 2 rings (SSSR count). The minimum atomic E-state index is 0.204. The number of hydrogen-bond donors (Lipinski definition) is 1. The third-order valence-corrected chi connectivity index (χ3v) is 2.62. The maximum atomic E-state index is 10.6. The number of carbonyl (C=O) groups excluding carboxylic acids is 1. The molecule has 1 saturated heterocycles. The summed E-state index contributed by atoms with van der Waals surface area (Å²) in [6, 6.07) is 10.4. The van der Waals surface area contributed by atoms with Crippen LogP contribution in [0.3, 0.4) is 0 Å². The molecule has 1 aromatic rings. The van der Waals surface area contributed by atoms with E-state index in [-0.39, 0.29) is 6.04 Å². The summed E-state index contributed by atoms with van der Waals surface area (Å²) in [5, 5.41) is 3.31. The Balaban J connectivity index is 2.08. The lowest BCUT2D eigenvalue weighted by Crippen LogP contribution is -2.25. The highest BCUT2D eigenvalue weighted by molar-refractivity contribution is 5.56. The molecule has 0 aromatic heterocycles. The number of rotatable bonds is 2. The standard InChI is InChI=1S/C12H13NO/c14-9-11-6-7-13-12(11)8-10-4-2-1-3-5-10/h1-5,12-13H,6-8H2. The molecule has 0 aliphatic carbocycles. The predicted octanol–water partition coefficient (Wildman–Crippen LogP) is 1.35. The van der Waals surface area contributed by atoms with E-state index in [4.69, 9.17) is 0 Å². The molecular formula is C12H13NO. The molecule has 0 bridgehead atoms. The minimum Gasteiger partial charge on any atom is -0.309 e. The third kappa shape index (κ3) is 1.92. The van der Waals surface area contributed by atoms with Gasteiger partial charge >= 0.3 is 0 Å². The van der Waals surface area contributed by atoms with Gasteiger partial charge in [0.1, 0.15) is 5.94 Å². The fourth-order valence-electron chi connectivity index (χ4n) is 1.85. The van der Waals surface area contributed by atoms with Crippen LogP contribution in [-0.2, 0) is 11.2 Å². The first-order valence-electron chi connectivity index (χ1n) is 4.91. The Morgan fingerprint density at radius 3 is 2.86 bits per heavy atom. The maximum absolute atomic E-state index is 10.6. The van der Waals surface area contributed by atoms with Gasteiger partial charge in [0.25, 0.3) is 0 Å². The van der Waals surface area contributed by atoms with Gasteiger partial charge in [-0.15, -0.1) is 0 Å². The molecule has 2 heteroatoms. The zero-order valence-electron chi connectivity index (χ0n) is 7.99. The lowest BCUT2D eigenvalue weighted by Gasteiger charge is -2.09. The molecule has 1 aromatic carbocycles. The van der Waals surface area contributed by atoms with Crippen molar-refractivity contribution in [1.29, 1.82) is 0 Å². The molecule has 14 heavy (non-hydrogen) atoms. The Labute approximate surface area is 83.6 Å². The van der Waals surface area contributed by atoms with Crippen molar-refractivity contribution in [2.45, 2.75) is 18.9 Å². The van der Waals surface area contributed by atoms with Gasteiger partial charge in [0.2, 0.25) is 0 Å². The van der Waals surface area contributed by atoms with E-state index in [1.54, 1.807) is 0 Å². The quantitative estimate of drug-likeness (QED) is 0.708. The summed E-state index contributed by atoms with van der Waals surface area (Å²) in [5.74, 6) is 2.04. The van der Waals surface area contributed by atoms with Crippen LogP contribution < -0.4 is 5.32 Å². The third-order valence-electron chi connectivity index (χ3n) is 2.62. The highest BCUT2D eigenvalue weighted by atomic mass is 16.1. The summed E-state index contributed by atoms with van der Waals surface area (Å²) in [7, 11) is 0. The summed E-state index contributed by atoms with van der Waals surface area (Å²) >= 11 is 0. The van der Waals surface area contributed by atoms with E-state index in [1.165, 1.54) is 5.56 Å². The Hall–Kier alpha value is -1.37. The number of hydrogen-bond acceptors (Lipinski definition) is 2. The van der Waals surface area contributed by atoms with Crippen molar-refractivity contribution >= 4 is 5.94 Å². The van der Waals surface area contributed by atoms with Gasteiger partial charge in [0.15, 0.2) is 0 Å². The lowest BCUT2D eigenvalue weighted by atomic mass is 10.0. The molecule has 0 spiro atoms. The fourth-order valence-corrected chi connectivity index (χ4v) is 1.85. The van der Waals surface area contributed by atoms with Crippen molar-refractivity contribution in [3.05, 3.63) is 41.5 Å². The van der Waals surface area contributed by atoms with Gasteiger partial charge in [-0.2, -0.15) is 0 Å². The van der Waals surface area contributed by atoms with Crippen LogP contribution in [0.25, 0.3) is 0 Å². The molecule has 1 N–H and O–H groups in total. The fraction of sp³-hybridized carbons (Fsp3) is 0.333. The molecule has 1 unspecified atom stereocenters. The average molecular weight is 187 g/mol. The second kappa shape index (κ2) is 4.23. The maximum Gasteiger partial charge on any atom is 0.125 e. The molecule has 1 aliphatic heterocycles. The zero-order chi connectivity index (χ0) is 9.80. The molecule has 1 atom stereocenters. The van der Waals surface area contributed by atoms with Crippen molar-refractivity contribution in [2.75, 3.05) is 6.54 Å². The molecular weight excluding hydrogens is 174 g/mol. The SMILES string of the molecule is O=C=C1CCNC1Cc1ccccc1. The number of benzene rings is 1. The van der Waals surface area contributed by atoms with E-state index >= 15 is 0 Å². The van der Waals surface area contributed by atoms with Gasteiger partial charge in [0, 0.05) is 18.2 Å². The second-order valence-corrected chi connectivity index (χ2v) is 3.57. The van der Waals surface area contributed by atoms with E-state index in [2.05, 4.69) is 17.4 Å². The van der Waals surface area contributed by atoms with Crippen LogP contribution in [0.1, 0.15) is 12.0 Å². The first-order valence-corrected chi connectivity index (χ1v) is 4.91. The van der Waals surface area contributed by atoms with Crippen LogP contribution in [0.15, 0.2) is 35.9 Å². The van der Waals surface area contributed by atoms with Gasteiger partial charge in [0.05, 0.1) is 0 Å². The first-order chi connectivity index (χ1) is 6.90. The zero-order valence-corrected chi connectivity index (χ0v) is 7.99. The van der Waals surface area contributed by atoms with Gasteiger partial charge in [-0.3, -0.25) is 0 Å². The van der Waals surface area contributed by atoms with E-state index < -0.39 is 0 Å². The lowest BCUT2D eigenvalue weighted by molar-refractivity contribution is 0.563. The van der Waals surface area contributed by atoms with Crippen LogP contribution in [0.5, 0.6) is 0 Å². The molecule has 72 valence electrons. The van der Waals surface area contributed by atoms with E-state index in [9.17, 15) is 4.79 Å². The van der Waals surface area contributed by atoms with Crippen LogP contribution in [0.2, 0.25) is 0 Å². The molecule has 2 nitrogen and oxygen atoms in total. The summed E-state index contributed by atoms with van der Waals surface area (Å²) in [6.07, 6.45) is 1.74. The van der Waals surface area contributed by atoms with Crippen LogP contribution in [0, 0.1) is 0 Å². The van der Waals surface area contributed by atoms with Crippen LogP contribution in [0.4, 0.5) is 0 Å². The Kier molecular flexibility index (Phi) is 2.78. The van der Waals surface area contributed by atoms with Gasteiger partial charge in [-0.1, -0.05) is 30.3 Å². The highest BCUT2D eigenvalue weighted by Crippen LogP contribution is 2.15. The van der Waals surface area contributed by atoms with Gasteiger partial charge in [-0.25, -0.2) is 4.79 Å². The smallest absolute Gasteiger partial charge is 0.125 e. The molecule has 1 heterocycles. The summed E-state index contributed by atoms with van der Waals surface area (Å²) in [4.78, 5) is 10.6. The summed E-state index contributed by atoms with van der Waals surface area (Å²) < 4.78 is 0. The second-order valence-electron chi connectivity index (χ2n) is 3.57. The molecule has 1 aliphatic rings. The highest BCUT2D eigenvalue weighted by Gasteiger charge is 2.20. The van der Waals surface area contributed by atoms with Crippen molar-refractivity contribution in [3.63, 3.8) is 0 Å². The van der Waals surface area contributed by atoms with E-state index in [0.717, 1.165) is 25.0 Å². The van der Waals surface area contributed by atoms with E-state index in [1.807, 2.05) is 24.1 Å². The molecule has 0 radical (unpaired) electrons. The monoisotopic (exact) mass is 187 g/mol. The molecule has 0 saturated carbocycles. The van der Waals surface area contributed by atoms with Crippen molar-refractivity contribution in [1.82, 2.24) is 5.32 Å². The van der Waals surface area contributed by atoms with Crippen molar-refractivity contribution in [3.8, 4) is 0 Å². The van der Waals surface area contributed by atoms with Crippen molar-refractivity contribution < 1.29 is 4.79 Å². The van der Waals surface area contributed by atoms with Crippen LogP contribution >= 0.6 is 0 Å². The Morgan fingerprint density at radius 2 is 2.14 bits per heavy atom. The normalized spacial score (nSPS) is 20.9. The first kappa shape index (κ1) is 9.20. The molecule has 0 amide bonds. The minimum absolute atomic E-state index is 0.204. The molecule has 1 fully saturated rings. The predicted molar refractivity (Wildman–Crippen MR) is 55.8 cm³/mol.